The van der Waals surface area contributed by atoms with Crippen LogP contribution in [-0.2, 0) is 17.8 Å². The van der Waals surface area contributed by atoms with Gasteiger partial charge in [-0.05, 0) is 24.5 Å². The van der Waals surface area contributed by atoms with Gasteiger partial charge in [0.15, 0.2) is 0 Å². The summed E-state index contributed by atoms with van der Waals surface area (Å²) in [6.07, 6.45) is 2.04. The molecule has 1 saturated carbocycles. The van der Waals surface area contributed by atoms with Gasteiger partial charge in [0.2, 0.25) is 5.91 Å². The van der Waals surface area contributed by atoms with Crippen molar-refractivity contribution in [2.75, 3.05) is 13.1 Å². The van der Waals surface area contributed by atoms with E-state index in [1.807, 2.05) is 23.1 Å². The number of likely N-dealkylation sites (tertiary alicyclic amines) is 1. The Morgan fingerprint density at radius 1 is 1.35 bits per heavy atom. The van der Waals surface area contributed by atoms with Crippen LogP contribution in [0, 0.1) is 11.8 Å². The molecule has 122 valence electrons. The number of aromatic nitrogens is 2. The number of carbonyl (C=O) groups excluding carboxylic acids is 1. The Kier molecular flexibility index (Phi) is 3.60. The average Bonchev–Trinajstić information content (AvgIpc) is 3.10. The zero-order valence-electron chi connectivity index (χ0n) is 13.5. The molecule has 0 bridgehead atoms. The molecule has 0 radical (unpaired) electrons. The first-order valence-electron chi connectivity index (χ1n) is 8.57. The monoisotopic (exact) mass is 313 g/mol. The van der Waals surface area contributed by atoms with Gasteiger partial charge in [0.1, 0.15) is 5.82 Å². The largest absolute Gasteiger partial charge is 0.393 e. The van der Waals surface area contributed by atoms with Gasteiger partial charge >= 0.3 is 0 Å². The van der Waals surface area contributed by atoms with E-state index in [2.05, 4.69) is 22.5 Å². The molecule has 5 nitrogen and oxygen atoms in total. The average molecular weight is 313 g/mol. The number of hydrogen-bond acceptors (Lipinski definition) is 3. The summed E-state index contributed by atoms with van der Waals surface area (Å²) in [5, 5.41) is 9.73. The smallest absolute Gasteiger partial charge is 0.224 e. The lowest BCUT2D eigenvalue weighted by molar-refractivity contribution is -0.130. The van der Waals surface area contributed by atoms with Gasteiger partial charge in [-0.15, -0.1) is 0 Å². The molecule has 3 atom stereocenters. The van der Waals surface area contributed by atoms with E-state index in [-0.39, 0.29) is 12.0 Å². The molecular weight excluding hydrogens is 290 g/mol. The Morgan fingerprint density at radius 2 is 2.17 bits per heavy atom. The topological polar surface area (TPSA) is 58.4 Å². The molecule has 23 heavy (non-hydrogen) atoms. The minimum absolute atomic E-state index is 0.193. The Morgan fingerprint density at radius 3 is 2.91 bits per heavy atom. The van der Waals surface area contributed by atoms with Gasteiger partial charge in [0, 0.05) is 38.4 Å². The fourth-order valence-electron chi connectivity index (χ4n) is 4.08. The normalized spacial score (nSPS) is 26.3. The maximum atomic E-state index is 12.5. The molecule has 0 unspecified atom stereocenters. The summed E-state index contributed by atoms with van der Waals surface area (Å²) in [6, 6.07) is 8.10. The summed E-state index contributed by atoms with van der Waals surface area (Å²) in [4.78, 5) is 19.1. The molecule has 2 fully saturated rings. The van der Waals surface area contributed by atoms with Crippen molar-refractivity contribution in [1.29, 1.82) is 0 Å². The van der Waals surface area contributed by atoms with Crippen molar-refractivity contribution in [2.45, 2.75) is 38.8 Å². The zero-order chi connectivity index (χ0) is 16.0. The second-order valence-corrected chi connectivity index (χ2v) is 6.80. The van der Waals surface area contributed by atoms with Crippen molar-refractivity contribution >= 4 is 16.9 Å². The second-order valence-electron chi connectivity index (χ2n) is 6.80. The van der Waals surface area contributed by atoms with Crippen LogP contribution in [0.5, 0.6) is 0 Å². The van der Waals surface area contributed by atoms with Crippen molar-refractivity contribution in [3.05, 3.63) is 30.1 Å². The molecule has 1 N–H and O–H groups in total. The quantitative estimate of drug-likeness (QED) is 0.937. The summed E-state index contributed by atoms with van der Waals surface area (Å²) in [5.74, 6) is 2.08. The Bertz CT molecular complexity index is 739. The van der Waals surface area contributed by atoms with Gasteiger partial charge in [0.05, 0.1) is 17.1 Å². The minimum Gasteiger partial charge on any atom is -0.393 e. The standard InChI is InChI=1S/C18H23N3O2/c1-2-17-19-14-5-3-4-6-15(14)21(17)8-7-18(23)20-10-12-9-16(22)13(12)11-20/h3-6,12-13,16,22H,2,7-11H2,1H3/t12-,13+,16-/m1/s1. The molecule has 1 aromatic heterocycles. The van der Waals surface area contributed by atoms with Crippen LogP contribution in [0.15, 0.2) is 24.3 Å². The van der Waals surface area contributed by atoms with Gasteiger partial charge in [-0.1, -0.05) is 19.1 Å². The summed E-state index contributed by atoms with van der Waals surface area (Å²) in [7, 11) is 0. The van der Waals surface area contributed by atoms with Gasteiger partial charge < -0.3 is 14.6 Å². The number of aryl methyl sites for hydroxylation is 2. The number of para-hydroxylation sites is 2. The van der Waals surface area contributed by atoms with Crippen LogP contribution in [0.4, 0.5) is 0 Å². The molecule has 0 spiro atoms. The van der Waals surface area contributed by atoms with E-state index >= 15 is 0 Å². The van der Waals surface area contributed by atoms with Crippen LogP contribution >= 0.6 is 0 Å². The molecule has 5 heteroatoms. The van der Waals surface area contributed by atoms with Crippen LogP contribution in [0.2, 0.25) is 0 Å². The molecule has 2 heterocycles. The van der Waals surface area contributed by atoms with E-state index in [0.717, 1.165) is 42.8 Å². The first-order valence-corrected chi connectivity index (χ1v) is 8.57. The maximum absolute atomic E-state index is 12.5. The fourth-order valence-corrected chi connectivity index (χ4v) is 4.08. The Labute approximate surface area is 135 Å². The molecule has 4 rings (SSSR count). The molecule has 2 aliphatic rings. The number of imidazole rings is 1. The zero-order valence-corrected chi connectivity index (χ0v) is 13.5. The van der Waals surface area contributed by atoms with Crippen LogP contribution in [0.1, 0.15) is 25.6 Å². The lowest BCUT2D eigenvalue weighted by atomic mass is 9.74. The van der Waals surface area contributed by atoms with Gasteiger partial charge in [-0.3, -0.25) is 4.79 Å². The van der Waals surface area contributed by atoms with Crippen molar-refractivity contribution in [3.63, 3.8) is 0 Å². The number of benzene rings is 1. The number of fused-ring (bicyclic) bond motifs is 2. The van der Waals surface area contributed by atoms with E-state index in [4.69, 9.17) is 0 Å². The number of rotatable bonds is 4. The van der Waals surface area contributed by atoms with Crippen LogP contribution in [0.25, 0.3) is 11.0 Å². The van der Waals surface area contributed by atoms with E-state index in [0.29, 0.717) is 24.8 Å². The molecule has 1 aromatic carbocycles. The molecule has 1 saturated heterocycles. The number of amides is 1. The number of aliphatic hydroxyl groups is 1. The number of carbonyl (C=O) groups is 1. The fraction of sp³-hybridized carbons (Fsp3) is 0.556. The van der Waals surface area contributed by atoms with E-state index < -0.39 is 0 Å². The van der Waals surface area contributed by atoms with Crippen LogP contribution in [-0.4, -0.2) is 44.7 Å². The van der Waals surface area contributed by atoms with E-state index in [9.17, 15) is 9.90 Å². The Balaban J connectivity index is 1.46. The highest BCUT2D eigenvalue weighted by atomic mass is 16.3. The third kappa shape index (κ3) is 2.43. The second kappa shape index (κ2) is 5.64. The highest BCUT2D eigenvalue weighted by molar-refractivity contribution is 5.78. The van der Waals surface area contributed by atoms with Crippen LogP contribution < -0.4 is 0 Å². The summed E-state index contributed by atoms with van der Waals surface area (Å²) < 4.78 is 2.17. The summed E-state index contributed by atoms with van der Waals surface area (Å²) in [5.41, 5.74) is 2.10. The van der Waals surface area contributed by atoms with Gasteiger partial charge in [0.25, 0.3) is 0 Å². The highest BCUT2D eigenvalue weighted by Gasteiger charge is 2.47. The van der Waals surface area contributed by atoms with Crippen molar-refractivity contribution in [3.8, 4) is 0 Å². The number of hydrogen-bond donors (Lipinski definition) is 1. The third-order valence-electron chi connectivity index (χ3n) is 5.48. The van der Waals surface area contributed by atoms with Crippen molar-refractivity contribution in [1.82, 2.24) is 14.5 Å². The molecule has 1 aliphatic carbocycles. The van der Waals surface area contributed by atoms with E-state index in [1.165, 1.54) is 0 Å². The number of aliphatic hydroxyl groups excluding tert-OH is 1. The first kappa shape index (κ1) is 14.7. The van der Waals surface area contributed by atoms with Crippen LogP contribution in [0.3, 0.4) is 0 Å². The maximum Gasteiger partial charge on any atom is 0.224 e. The molecule has 1 amide bonds. The lowest BCUT2D eigenvalue weighted by Gasteiger charge is -2.34. The van der Waals surface area contributed by atoms with E-state index in [1.54, 1.807) is 0 Å². The lowest BCUT2D eigenvalue weighted by Crippen LogP contribution is -2.39. The molecule has 1 aliphatic heterocycles. The first-order chi connectivity index (χ1) is 11.2. The SMILES string of the molecule is CCc1nc2ccccc2n1CCC(=O)N1C[C@H]2C[C@@H](O)[C@H]2C1. The summed E-state index contributed by atoms with van der Waals surface area (Å²) >= 11 is 0. The van der Waals surface area contributed by atoms with Gasteiger partial charge in [-0.2, -0.15) is 0 Å². The predicted molar refractivity (Wildman–Crippen MR) is 87.9 cm³/mol. The molecular formula is C18H23N3O2. The summed E-state index contributed by atoms with van der Waals surface area (Å²) in [6.45, 7) is 4.33. The predicted octanol–water partition coefficient (Wildman–Crippen LogP) is 1.83. The highest BCUT2D eigenvalue weighted by Crippen LogP contribution is 2.40. The minimum atomic E-state index is -0.193. The number of nitrogens with zero attached hydrogens (tertiary/aromatic N) is 3. The third-order valence-corrected chi connectivity index (χ3v) is 5.48. The van der Waals surface area contributed by atoms with Crippen molar-refractivity contribution in [2.24, 2.45) is 11.8 Å². The van der Waals surface area contributed by atoms with Gasteiger partial charge in [-0.25, -0.2) is 4.98 Å². The Hall–Kier alpha value is -1.88. The molecule has 2 aromatic rings. The van der Waals surface area contributed by atoms with Crippen molar-refractivity contribution < 1.29 is 9.90 Å².